The molecule has 0 N–H and O–H groups in total. The lowest BCUT2D eigenvalue weighted by atomic mass is 9.90. The first-order chi connectivity index (χ1) is 14.7. The summed E-state index contributed by atoms with van der Waals surface area (Å²) in [5, 5.41) is 1.67. The lowest BCUT2D eigenvalue weighted by molar-refractivity contribution is -0.126. The van der Waals surface area contributed by atoms with Crippen molar-refractivity contribution in [1.82, 2.24) is 0 Å². The molecule has 0 saturated carbocycles. The number of rotatable bonds is 4. The Morgan fingerprint density at radius 3 is 2.03 bits per heavy atom. The number of carbonyl (C=O) groups is 2. The fraction of sp³-hybridized carbons (Fsp3) is 0.167. The predicted octanol–water partition coefficient (Wildman–Crippen LogP) is 3.75. The first-order valence-corrected chi connectivity index (χ1v) is 9.77. The fourth-order valence-corrected chi connectivity index (χ4v) is 4.27. The molecule has 3 atom stereocenters. The zero-order valence-corrected chi connectivity index (χ0v) is 16.3. The minimum absolute atomic E-state index is 0.273. The summed E-state index contributed by atoms with van der Waals surface area (Å²) in [7, 11) is 1.59. The summed E-state index contributed by atoms with van der Waals surface area (Å²) < 4.78 is 5.57. The van der Waals surface area contributed by atoms with E-state index in [0.717, 1.165) is 11.3 Å². The van der Waals surface area contributed by atoms with Gasteiger partial charge in [0.05, 0.1) is 24.5 Å². The van der Waals surface area contributed by atoms with E-state index in [2.05, 4.69) is 0 Å². The molecule has 2 aliphatic rings. The zero-order valence-electron chi connectivity index (χ0n) is 16.3. The summed E-state index contributed by atoms with van der Waals surface area (Å²) in [5.41, 5.74) is 2.12. The van der Waals surface area contributed by atoms with Crippen molar-refractivity contribution in [1.29, 1.82) is 0 Å². The Balaban J connectivity index is 1.62. The van der Waals surface area contributed by atoms with E-state index >= 15 is 0 Å². The van der Waals surface area contributed by atoms with Crippen LogP contribution in [0.25, 0.3) is 0 Å². The normalized spacial score (nSPS) is 23.0. The van der Waals surface area contributed by atoms with E-state index in [1.165, 1.54) is 4.90 Å². The molecule has 0 spiro atoms. The van der Waals surface area contributed by atoms with Gasteiger partial charge in [-0.05, 0) is 30.3 Å². The number of nitrogens with zero attached hydrogens (tertiary/aromatic N) is 2. The van der Waals surface area contributed by atoms with Crippen molar-refractivity contribution in [3.8, 4) is 5.75 Å². The highest BCUT2D eigenvalue weighted by molar-refractivity contribution is 6.23. The molecule has 5 rings (SSSR count). The third-order valence-electron chi connectivity index (χ3n) is 5.60. The summed E-state index contributed by atoms with van der Waals surface area (Å²) in [4.78, 5) is 34.1. The molecule has 0 bridgehead atoms. The average molecular weight is 400 g/mol. The second kappa shape index (κ2) is 7.31. The van der Waals surface area contributed by atoms with Crippen LogP contribution in [0.3, 0.4) is 0 Å². The van der Waals surface area contributed by atoms with Crippen molar-refractivity contribution in [2.75, 3.05) is 17.1 Å². The van der Waals surface area contributed by atoms with Crippen LogP contribution in [0.4, 0.5) is 11.4 Å². The van der Waals surface area contributed by atoms with Crippen molar-refractivity contribution >= 4 is 23.2 Å². The topological polar surface area (TPSA) is 59.1 Å². The summed E-state index contributed by atoms with van der Waals surface area (Å²) in [6.07, 6.45) is -0.896. The Morgan fingerprint density at radius 2 is 1.37 bits per heavy atom. The number of anilines is 2. The third-order valence-corrected chi connectivity index (χ3v) is 5.60. The van der Waals surface area contributed by atoms with E-state index < -0.39 is 18.1 Å². The molecule has 6 nitrogen and oxygen atoms in total. The van der Waals surface area contributed by atoms with E-state index in [4.69, 9.17) is 9.57 Å². The van der Waals surface area contributed by atoms with Gasteiger partial charge in [-0.1, -0.05) is 54.6 Å². The molecule has 0 aliphatic carbocycles. The largest absolute Gasteiger partial charge is 0.496 e. The molecule has 150 valence electrons. The van der Waals surface area contributed by atoms with Crippen LogP contribution >= 0.6 is 0 Å². The quantitative estimate of drug-likeness (QED) is 0.625. The third kappa shape index (κ3) is 2.76. The maximum Gasteiger partial charge on any atom is 0.266 e. The number of fused-ring (bicyclic) bond motifs is 1. The minimum atomic E-state index is -0.896. The van der Waals surface area contributed by atoms with E-state index in [1.807, 2.05) is 60.7 Å². The number of hydroxylamine groups is 1. The van der Waals surface area contributed by atoms with Gasteiger partial charge >= 0.3 is 0 Å². The van der Waals surface area contributed by atoms with Crippen molar-refractivity contribution in [3.05, 3.63) is 90.5 Å². The number of para-hydroxylation sites is 3. The SMILES string of the molecule is COc1ccccc1[C@@H]1[C@H]2C(=O)N(c3ccccc3)C(=O)[C@H]2ON1c1ccccc1. The molecule has 0 aromatic heterocycles. The van der Waals surface area contributed by atoms with Crippen LogP contribution in [0.5, 0.6) is 5.75 Å². The Labute approximate surface area is 174 Å². The maximum absolute atomic E-state index is 13.5. The number of carbonyl (C=O) groups excluding carboxylic acids is 2. The smallest absolute Gasteiger partial charge is 0.266 e. The summed E-state index contributed by atoms with van der Waals surface area (Å²) >= 11 is 0. The van der Waals surface area contributed by atoms with E-state index in [-0.39, 0.29) is 11.8 Å². The van der Waals surface area contributed by atoms with Crippen LogP contribution < -0.4 is 14.7 Å². The Bertz CT molecular complexity index is 1090. The molecule has 0 unspecified atom stereocenters. The van der Waals surface area contributed by atoms with Crippen LogP contribution in [-0.4, -0.2) is 25.0 Å². The highest BCUT2D eigenvalue weighted by atomic mass is 16.7. The number of amides is 2. The monoisotopic (exact) mass is 400 g/mol. The standard InChI is InChI=1S/C24H20N2O4/c1-29-19-15-9-8-14-18(19)21-20-22(30-26(21)17-12-6-3-7-13-17)24(28)25(23(20)27)16-10-4-2-5-11-16/h2-15,20-22H,1H3/t20-,21-,22+/m1/s1. The Morgan fingerprint density at radius 1 is 0.767 bits per heavy atom. The van der Waals surface area contributed by atoms with Crippen molar-refractivity contribution in [3.63, 3.8) is 0 Å². The van der Waals surface area contributed by atoms with E-state index in [9.17, 15) is 9.59 Å². The number of hydrogen-bond acceptors (Lipinski definition) is 5. The van der Waals surface area contributed by atoms with Crippen LogP contribution in [-0.2, 0) is 14.4 Å². The molecule has 6 heteroatoms. The summed E-state index contributed by atoms with van der Waals surface area (Å²) in [5.74, 6) is -0.666. The molecule has 2 heterocycles. The molecule has 2 fully saturated rings. The minimum Gasteiger partial charge on any atom is -0.496 e. The Kier molecular flexibility index (Phi) is 4.48. The summed E-state index contributed by atoms with van der Waals surface area (Å²) in [6, 6.07) is 25.5. The molecular weight excluding hydrogens is 380 g/mol. The van der Waals surface area contributed by atoms with Gasteiger partial charge in [0.1, 0.15) is 11.7 Å². The number of imide groups is 1. The average Bonchev–Trinajstić information content (AvgIpc) is 3.31. The van der Waals surface area contributed by atoms with Gasteiger partial charge in [0.2, 0.25) is 5.91 Å². The van der Waals surface area contributed by atoms with Gasteiger partial charge in [0, 0.05) is 5.56 Å². The first kappa shape index (κ1) is 18.4. The molecule has 2 amide bonds. The number of ether oxygens (including phenoxy) is 1. The lowest BCUT2D eigenvalue weighted by Crippen LogP contribution is -2.37. The Hall–Kier alpha value is -3.64. The molecule has 30 heavy (non-hydrogen) atoms. The van der Waals surface area contributed by atoms with Crippen molar-refractivity contribution < 1.29 is 19.2 Å². The van der Waals surface area contributed by atoms with Gasteiger partial charge in [0.15, 0.2) is 6.10 Å². The van der Waals surface area contributed by atoms with Gasteiger partial charge in [-0.2, -0.15) is 0 Å². The molecular formula is C24H20N2O4. The van der Waals surface area contributed by atoms with Gasteiger partial charge < -0.3 is 4.74 Å². The van der Waals surface area contributed by atoms with E-state index in [1.54, 1.807) is 36.4 Å². The highest BCUT2D eigenvalue weighted by Crippen LogP contribution is 2.49. The molecule has 0 radical (unpaired) electrons. The van der Waals surface area contributed by atoms with E-state index in [0.29, 0.717) is 11.4 Å². The molecule has 2 aliphatic heterocycles. The first-order valence-electron chi connectivity index (χ1n) is 9.77. The zero-order chi connectivity index (χ0) is 20.7. The van der Waals surface area contributed by atoms with Gasteiger partial charge in [-0.15, -0.1) is 0 Å². The van der Waals surface area contributed by atoms with Crippen LogP contribution in [0.15, 0.2) is 84.9 Å². The van der Waals surface area contributed by atoms with Gasteiger partial charge in [0.25, 0.3) is 5.91 Å². The van der Waals surface area contributed by atoms with Crippen molar-refractivity contribution in [2.45, 2.75) is 12.1 Å². The second-order valence-electron chi connectivity index (χ2n) is 7.25. The molecule has 3 aromatic carbocycles. The number of hydrogen-bond donors (Lipinski definition) is 0. The maximum atomic E-state index is 13.5. The summed E-state index contributed by atoms with van der Waals surface area (Å²) in [6.45, 7) is 0. The van der Waals surface area contributed by atoms with Crippen molar-refractivity contribution in [2.24, 2.45) is 5.92 Å². The van der Waals surface area contributed by atoms with Crippen LogP contribution in [0.1, 0.15) is 11.6 Å². The second-order valence-corrected chi connectivity index (χ2v) is 7.25. The van der Waals surface area contributed by atoms with Crippen LogP contribution in [0.2, 0.25) is 0 Å². The molecule has 3 aromatic rings. The highest BCUT2D eigenvalue weighted by Gasteiger charge is 2.60. The number of benzene rings is 3. The fourth-order valence-electron chi connectivity index (χ4n) is 4.27. The predicted molar refractivity (Wildman–Crippen MR) is 112 cm³/mol. The van der Waals surface area contributed by atoms with Gasteiger partial charge in [-0.3, -0.25) is 14.4 Å². The lowest BCUT2D eigenvalue weighted by Gasteiger charge is -2.29. The van der Waals surface area contributed by atoms with Gasteiger partial charge in [-0.25, -0.2) is 9.96 Å². The molecule has 2 saturated heterocycles. The number of methoxy groups -OCH3 is 1. The van der Waals surface area contributed by atoms with Crippen LogP contribution in [0, 0.1) is 5.92 Å².